The summed E-state index contributed by atoms with van der Waals surface area (Å²) in [5.74, 6) is 0.999. The Balaban J connectivity index is 1.57. The monoisotopic (exact) mass is 555 g/mol. The minimum atomic E-state index is -0.390. The van der Waals surface area contributed by atoms with Gasteiger partial charge in [0.25, 0.3) is 0 Å². The molecule has 0 amide bonds. The molecule has 182 valence electrons. The second kappa shape index (κ2) is 10.2. The standard InChI is InChI=1S/C28H27BrClNO4/c1-2-34-24-14-17(13-19(29)28(24)35-15-16-6-3-7-18(30)12-16)25-26-20(8-4-10-22(26)32)31-21-9-5-11-23(33)27(21)25/h3,6-7,12-14,25,31H,2,4-5,8-11,15H2,1H3. The summed E-state index contributed by atoms with van der Waals surface area (Å²) < 4.78 is 12.9. The third-order valence-corrected chi connectivity index (χ3v) is 7.55. The molecule has 0 aromatic heterocycles. The zero-order chi connectivity index (χ0) is 24.5. The third-order valence-electron chi connectivity index (χ3n) is 6.73. The average molecular weight is 557 g/mol. The van der Waals surface area contributed by atoms with Crippen LogP contribution in [0.5, 0.6) is 11.5 Å². The van der Waals surface area contributed by atoms with Crippen LogP contribution >= 0.6 is 27.5 Å². The number of benzene rings is 2. The summed E-state index contributed by atoms with van der Waals surface area (Å²) in [6, 6.07) is 11.4. The topological polar surface area (TPSA) is 64.6 Å². The number of dihydropyridines is 1. The number of nitrogens with one attached hydrogen (secondary N) is 1. The fourth-order valence-corrected chi connectivity index (χ4v) is 6.04. The van der Waals surface area contributed by atoms with E-state index in [0.717, 1.165) is 63.8 Å². The number of ether oxygens (including phenoxy) is 2. The molecule has 0 radical (unpaired) electrons. The molecule has 5 rings (SSSR count). The predicted octanol–water partition coefficient (Wildman–Crippen LogP) is 6.78. The molecule has 1 N–H and O–H groups in total. The molecule has 2 aliphatic carbocycles. The van der Waals surface area contributed by atoms with Crippen LogP contribution in [-0.2, 0) is 16.2 Å². The van der Waals surface area contributed by atoms with Gasteiger partial charge in [0, 0.05) is 46.3 Å². The highest BCUT2D eigenvalue weighted by Crippen LogP contribution is 2.48. The molecule has 5 nitrogen and oxygen atoms in total. The zero-order valence-corrected chi connectivity index (χ0v) is 21.9. The Bertz CT molecular complexity index is 1220. The number of halogens is 2. The number of carbonyl (C=O) groups excluding carboxylic acids is 2. The van der Waals surface area contributed by atoms with Gasteiger partial charge in [0.05, 0.1) is 11.1 Å². The molecule has 0 bridgehead atoms. The maximum Gasteiger partial charge on any atom is 0.175 e. The molecule has 3 aliphatic rings. The minimum absolute atomic E-state index is 0.115. The number of carbonyl (C=O) groups is 2. The van der Waals surface area contributed by atoms with Crippen molar-refractivity contribution in [3.63, 3.8) is 0 Å². The fourth-order valence-electron chi connectivity index (χ4n) is 5.26. The first kappa shape index (κ1) is 24.1. The SMILES string of the molecule is CCOc1cc(C2C3=C(CCCC3=O)NC3=C2C(=O)CCC3)cc(Br)c1OCc1cccc(Cl)c1. The van der Waals surface area contributed by atoms with E-state index in [0.29, 0.717) is 42.6 Å². The van der Waals surface area contributed by atoms with Gasteiger partial charge in [-0.15, -0.1) is 0 Å². The lowest BCUT2D eigenvalue weighted by Gasteiger charge is -2.37. The number of ketones is 2. The van der Waals surface area contributed by atoms with Crippen molar-refractivity contribution in [2.24, 2.45) is 0 Å². The van der Waals surface area contributed by atoms with Crippen LogP contribution in [0, 0.1) is 0 Å². The summed E-state index contributed by atoms with van der Waals surface area (Å²) in [6.07, 6.45) is 4.32. The highest BCUT2D eigenvalue weighted by molar-refractivity contribution is 9.10. The molecule has 0 atom stereocenters. The van der Waals surface area contributed by atoms with E-state index in [4.69, 9.17) is 21.1 Å². The van der Waals surface area contributed by atoms with Gasteiger partial charge in [-0.2, -0.15) is 0 Å². The van der Waals surface area contributed by atoms with Gasteiger partial charge in [0.15, 0.2) is 23.1 Å². The Labute approximate surface area is 218 Å². The molecule has 1 aliphatic heterocycles. The van der Waals surface area contributed by atoms with Crippen LogP contribution in [-0.4, -0.2) is 18.2 Å². The highest BCUT2D eigenvalue weighted by Gasteiger charge is 2.40. The Morgan fingerprint density at radius 3 is 2.29 bits per heavy atom. The second-order valence-corrected chi connectivity index (χ2v) is 10.4. The van der Waals surface area contributed by atoms with Gasteiger partial charge in [0.2, 0.25) is 0 Å². The van der Waals surface area contributed by atoms with Crippen LogP contribution < -0.4 is 14.8 Å². The third kappa shape index (κ3) is 4.78. The van der Waals surface area contributed by atoms with Crippen LogP contribution in [0.2, 0.25) is 5.02 Å². The van der Waals surface area contributed by atoms with E-state index < -0.39 is 0 Å². The molecule has 2 aromatic carbocycles. The Hall–Kier alpha value is -2.57. The smallest absolute Gasteiger partial charge is 0.175 e. The van der Waals surface area contributed by atoms with Crippen LogP contribution in [0.15, 0.2) is 63.4 Å². The first-order valence-corrected chi connectivity index (χ1v) is 13.3. The maximum atomic E-state index is 13.1. The van der Waals surface area contributed by atoms with Crippen molar-refractivity contribution in [3.05, 3.63) is 79.6 Å². The molecule has 0 spiro atoms. The fraction of sp³-hybridized carbons (Fsp3) is 0.357. The summed E-state index contributed by atoms with van der Waals surface area (Å²) in [7, 11) is 0. The van der Waals surface area contributed by atoms with E-state index in [1.807, 2.05) is 43.3 Å². The molecular formula is C28H27BrClNO4. The van der Waals surface area contributed by atoms with Crippen LogP contribution in [0.1, 0.15) is 62.5 Å². The van der Waals surface area contributed by atoms with Crippen LogP contribution in [0.4, 0.5) is 0 Å². The molecular weight excluding hydrogens is 530 g/mol. The lowest BCUT2D eigenvalue weighted by atomic mass is 9.71. The van der Waals surface area contributed by atoms with Gasteiger partial charge in [-0.1, -0.05) is 23.7 Å². The van der Waals surface area contributed by atoms with Crippen molar-refractivity contribution < 1.29 is 19.1 Å². The number of hydrogen-bond acceptors (Lipinski definition) is 5. The molecule has 0 saturated carbocycles. The largest absolute Gasteiger partial charge is 0.490 e. The normalized spacial score (nSPS) is 18.3. The molecule has 0 fully saturated rings. The summed E-state index contributed by atoms with van der Waals surface area (Å²) >= 11 is 9.80. The minimum Gasteiger partial charge on any atom is -0.490 e. The number of Topliss-reactive ketones (excluding diaryl/α,β-unsaturated/α-hetero) is 2. The quantitative estimate of drug-likeness (QED) is 0.425. The second-order valence-electron chi connectivity index (χ2n) is 9.08. The molecule has 35 heavy (non-hydrogen) atoms. The Morgan fingerprint density at radius 1 is 0.971 bits per heavy atom. The first-order chi connectivity index (χ1) is 17.0. The van der Waals surface area contributed by atoms with Gasteiger partial charge in [-0.3, -0.25) is 9.59 Å². The van der Waals surface area contributed by atoms with E-state index in [-0.39, 0.29) is 17.5 Å². The van der Waals surface area contributed by atoms with Crippen molar-refractivity contribution in [1.82, 2.24) is 5.32 Å². The summed E-state index contributed by atoms with van der Waals surface area (Å²) in [4.78, 5) is 26.3. The lowest BCUT2D eigenvalue weighted by Crippen LogP contribution is -2.36. The molecule has 0 unspecified atom stereocenters. The van der Waals surface area contributed by atoms with Gasteiger partial charge in [0.1, 0.15) is 6.61 Å². The molecule has 7 heteroatoms. The Kier molecular flexibility index (Phi) is 7.03. The number of rotatable bonds is 6. The van der Waals surface area contributed by atoms with Crippen molar-refractivity contribution in [1.29, 1.82) is 0 Å². The van der Waals surface area contributed by atoms with Crippen molar-refractivity contribution in [2.75, 3.05) is 6.61 Å². The van der Waals surface area contributed by atoms with E-state index in [2.05, 4.69) is 21.2 Å². The zero-order valence-electron chi connectivity index (χ0n) is 19.6. The maximum absolute atomic E-state index is 13.1. The predicted molar refractivity (Wildman–Crippen MR) is 139 cm³/mol. The van der Waals surface area contributed by atoms with Gasteiger partial charge < -0.3 is 14.8 Å². The van der Waals surface area contributed by atoms with Gasteiger partial charge in [-0.25, -0.2) is 0 Å². The summed E-state index contributed by atoms with van der Waals surface area (Å²) in [5, 5.41) is 4.12. The Morgan fingerprint density at radius 2 is 1.66 bits per heavy atom. The summed E-state index contributed by atoms with van der Waals surface area (Å²) in [6.45, 7) is 2.70. The van der Waals surface area contributed by atoms with Crippen molar-refractivity contribution in [2.45, 2.75) is 58.0 Å². The van der Waals surface area contributed by atoms with Gasteiger partial charge >= 0.3 is 0 Å². The summed E-state index contributed by atoms with van der Waals surface area (Å²) in [5.41, 5.74) is 5.20. The number of allylic oxidation sites excluding steroid dienone is 4. The van der Waals surface area contributed by atoms with Crippen LogP contribution in [0.25, 0.3) is 0 Å². The van der Waals surface area contributed by atoms with E-state index in [1.54, 1.807) is 0 Å². The number of hydrogen-bond donors (Lipinski definition) is 1. The highest BCUT2D eigenvalue weighted by atomic mass is 79.9. The molecule has 2 aromatic rings. The molecule has 1 heterocycles. The average Bonchev–Trinajstić information content (AvgIpc) is 2.83. The van der Waals surface area contributed by atoms with Gasteiger partial charge in [-0.05, 0) is 83.9 Å². The van der Waals surface area contributed by atoms with Crippen molar-refractivity contribution in [3.8, 4) is 11.5 Å². The molecule has 0 saturated heterocycles. The van der Waals surface area contributed by atoms with E-state index in [1.165, 1.54) is 0 Å². The first-order valence-electron chi connectivity index (χ1n) is 12.1. The van der Waals surface area contributed by atoms with Crippen LogP contribution in [0.3, 0.4) is 0 Å². The van der Waals surface area contributed by atoms with Crippen molar-refractivity contribution >= 4 is 39.1 Å². The van der Waals surface area contributed by atoms with E-state index >= 15 is 0 Å². The lowest BCUT2D eigenvalue weighted by molar-refractivity contribution is -0.116. The van der Waals surface area contributed by atoms with E-state index in [9.17, 15) is 9.59 Å².